The molecule has 6 rings (SSSR count). The number of esters is 3. The monoisotopic (exact) mass is 546 g/mol. The van der Waals surface area contributed by atoms with Crippen molar-refractivity contribution in [2.24, 2.45) is 11.8 Å². The SMILES string of the molecule is CN1C2CCC1C(COC(=O)C1C(OC(=O)c3ccccc3)CC3CCC1N3C)C(OC(=O)c1ccccc1)C2. The Labute approximate surface area is 235 Å². The molecule has 40 heavy (non-hydrogen) atoms. The van der Waals surface area contributed by atoms with Crippen molar-refractivity contribution in [3.05, 3.63) is 71.8 Å². The summed E-state index contributed by atoms with van der Waals surface area (Å²) in [5, 5.41) is 0. The van der Waals surface area contributed by atoms with Crippen LogP contribution < -0.4 is 0 Å². The van der Waals surface area contributed by atoms with E-state index in [-0.39, 0.29) is 48.7 Å². The highest BCUT2D eigenvalue weighted by Crippen LogP contribution is 2.42. The minimum atomic E-state index is -0.556. The van der Waals surface area contributed by atoms with Crippen LogP contribution in [-0.4, -0.2) is 84.8 Å². The van der Waals surface area contributed by atoms with Crippen LogP contribution in [0.2, 0.25) is 0 Å². The minimum absolute atomic E-state index is 0.0311. The molecule has 8 atom stereocenters. The minimum Gasteiger partial charge on any atom is -0.465 e. The highest BCUT2D eigenvalue weighted by Gasteiger charge is 2.52. The molecule has 2 aromatic carbocycles. The molecule has 0 saturated carbocycles. The van der Waals surface area contributed by atoms with Crippen molar-refractivity contribution in [1.82, 2.24) is 9.80 Å². The zero-order valence-electron chi connectivity index (χ0n) is 23.2. The Balaban J connectivity index is 1.17. The number of rotatable bonds is 7. The van der Waals surface area contributed by atoms with E-state index in [4.69, 9.17) is 14.2 Å². The first-order valence-electron chi connectivity index (χ1n) is 14.5. The molecule has 4 heterocycles. The normalized spacial score (nSPS) is 33.4. The lowest BCUT2D eigenvalue weighted by Gasteiger charge is -2.43. The second-order valence-electron chi connectivity index (χ2n) is 11.8. The van der Waals surface area contributed by atoms with E-state index in [1.807, 2.05) is 31.3 Å². The van der Waals surface area contributed by atoms with Gasteiger partial charge >= 0.3 is 17.9 Å². The molecule has 4 fully saturated rings. The highest BCUT2D eigenvalue weighted by atomic mass is 16.6. The zero-order chi connectivity index (χ0) is 27.8. The first-order valence-corrected chi connectivity index (χ1v) is 14.5. The average molecular weight is 547 g/mol. The lowest BCUT2D eigenvalue weighted by Crippen LogP contribution is -2.55. The number of fused-ring (bicyclic) bond motifs is 4. The van der Waals surface area contributed by atoms with Crippen molar-refractivity contribution in [2.45, 2.75) is 74.9 Å². The molecule has 0 aromatic heterocycles. The summed E-state index contributed by atoms with van der Waals surface area (Å²) in [5.74, 6) is -1.77. The Morgan fingerprint density at radius 1 is 0.700 bits per heavy atom. The Kier molecular flexibility index (Phi) is 7.64. The molecule has 4 aliphatic rings. The first-order chi connectivity index (χ1) is 19.4. The summed E-state index contributed by atoms with van der Waals surface area (Å²) in [5.41, 5.74) is 0.999. The molecule has 0 amide bonds. The zero-order valence-corrected chi connectivity index (χ0v) is 23.2. The van der Waals surface area contributed by atoms with Gasteiger partial charge in [0.15, 0.2) is 0 Å². The number of ether oxygens (including phenoxy) is 3. The molecule has 8 unspecified atom stereocenters. The molecule has 4 saturated heterocycles. The predicted octanol–water partition coefficient (Wildman–Crippen LogP) is 3.95. The summed E-state index contributed by atoms with van der Waals surface area (Å²) in [4.78, 5) is 44.3. The third kappa shape index (κ3) is 5.15. The van der Waals surface area contributed by atoms with E-state index in [0.29, 0.717) is 23.6 Å². The number of piperidine rings is 2. The van der Waals surface area contributed by atoms with Gasteiger partial charge in [0.25, 0.3) is 0 Å². The second kappa shape index (κ2) is 11.3. The average Bonchev–Trinajstić information content (AvgIpc) is 3.35. The fourth-order valence-corrected chi connectivity index (χ4v) is 7.57. The van der Waals surface area contributed by atoms with Crippen molar-refractivity contribution in [3.8, 4) is 0 Å². The van der Waals surface area contributed by atoms with Crippen molar-refractivity contribution in [3.63, 3.8) is 0 Å². The summed E-state index contributed by atoms with van der Waals surface area (Å²) >= 11 is 0. The molecule has 4 aliphatic heterocycles. The van der Waals surface area contributed by atoms with Crippen molar-refractivity contribution in [1.29, 1.82) is 0 Å². The van der Waals surface area contributed by atoms with Crippen LogP contribution in [0.15, 0.2) is 60.7 Å². The molecular weight excluding hydrogens is 508 g/mol. The Morgan fingerprint density at radius 3 is 1.80 bits per heavy atom. The lowest BCUT2D eigenvalue weighted by molar-refractivity contribution is -0.163. The molecule has 0 aliphatic carbocycles. The van der Waals surface area contributed by atoms with Gasteiger partial charge in [-0.1, -0.05) is 36.4 Å². The number of hydrogen-bond acceptors (Lipinski definition) is 8. The molecule has 8 nitrogen and oxygen atoms in total. The number of carbonyl (C=O) groups is 3. The maximum atomic E-state index is 13.8. The van der Waals surface area contributed by atoms with Crippen LogP contribution in [0.1, 0.15) is 59.2 Å². The quantitative estimate of drug-likeness (QED) is 0.381. The summed E-state index contributed by atoms with van der Waals surface area (Å²) in [6, 6.07) is 18.7. The fraction of sp³-hybridized carbons (Fsp3) is 0.531. The van der Waals surface area contributed by atoms with E-state index in [0.717, 1.165) is 32.1 Å². The molecule has 4 bridgehead atoms. The van der Waals surface area contributed by atoms with Crippen molar-refractivity contribution in [2.75, 3.05) is 20.7 Å². The van der Waals surface area contributed by atoms with E-state index < -0.39 is 18.0 Å². The van der Waals surface area contributed by atoms with E-state index in [1.165, 1.54) is 0 Å². The van der Waals surface area contributed by atoms with Crippen molar-refractivity contribution < 1.29 is 28.6 Å². The Morgan fingerprint density at radius 2 is 1.20 bits per heavy atom. The van der Waals surface area contributed by atoms with Gasteiger partial charge in [-0.2, -0.15) is 0 Å². The number of nitrogens with zero attached hydrogens (tertiary/aromatic N) is 2. The van der Waals surface area contributed by atoms with Gasteiger partial charge in [-0.3, -0.25) is 14.6 Å². The number of carbonyl (C=O) groups excluding carboxylic acids is 3. The molecule has 2 aromatic rings. The Bertz CT molecular complexity index is 1220. The van der Waals surface area contributed by atoms with Gasteiger partial charge in [-0.25, -0.2) is 9.59 Å². The van der Waals surface area contributed by atoms with Gasteiger partial charge in [-0.15, -0.1) is 0 Å². The number of hydrogen-bond donors (Lipinski definition) is 0. The highest BCUT2D eigenvalue weighted by molar-refractivity contribution is 5.90. The van der Waals surface area contributed by atoms with Crippen LogP contribution in [0.4, 0.5) is 0 Å². The summed E-state index contributed by atoms with van der Waals surface area (Å²) in [7, 11) is 4.16. The largest absolute Gasteiger partial charge is 0.465 e. The van der Waals surface area contributed by atoms with Crippen LogP contribution in [0.5, 0.6) is 0 Å². The predicted molar refractivity (Wildman–Crippen MR) is 148 cm³/mol. The maximum Gasteiger partial charge on any atom is 0.338 e. The van der Waals surface area contributed by atoms with Gasteiger partial charge < -0.3 is 14.2 Å². The smallest absolute Gasteiger partial charge is 0.338 e. The summed E-state index contributed by atoms with van der Waals surface area (Å²) < 4.78 is 18.1. The van der Waals surface area contributed by atoms with E-state index in [1.54, 1.807) is 36.4 Å². The summed E-state index contributed by atoms with van der Waals surface area (Å²) in [6.07, 6.45) is 4.33. The van der Waals surface area contributed by atoms with Crippen LogP contribution >= 0.6 is 0 Å². The second-order valence-corrected chi connectivity index (χ2v) is 11.8. The topological polar surface area (TPSA) is 85.4 Å². The molecule has 0 N–H and O–H groups in total. The van der Waals surface area contributed by atoms with Crippen LogP contribution in [0.25, 0.3) is 0 Å². The van der Waals surface area contributed by atoms with Gasteiger partial charge in [0, 0.05) is 42.9 Å². The standard InChI is InChI=1S/C32H38N2O6/c1-33-22-13-15-25(33)24(27(17-22)39-30(35)20-9-5-3-6-10-20)19-38-32(37)29-26-16-14-23(34(26)2)18-28(29)40-31(36)21-11-7-4-8-12-21/h3-12,22-29H,13-19H2,1-2H3. The van der Waals surface area contributed by atoms with Crippen LogP contribution in [0, 0.1) is 11.8 Å². The van der Waals surface area contributed by atoms with Crippen molar-refractivity contribution >= 4 is 17.9 Å². The fourth-order valence-electron chi connectivity index (χ4n) is 7.57. The Hall–Kier alpha value is -3.23. The third-order valence-electron chi connectivity index (χ3n) is 9.81. The van der Waals surface area contributed by atoms with Gasteiger partial charge in [0.05, 0.1) is 17.7 Å². The molecule has 212 valence electrons. The molecule has 0 radical (unpaired) electrons. The van der Waals surface area contributed by atoms with Gasteiger partial charge in [0.1, 0.15) is 18.1 Å². The van der Waals surface area contributed by atoms with E-state index in [9.17, 15) is 14.4 Å². The molecule has 0 spiro atoms. The molecule has 8 heteroatoms. The van der Waals surface area contributed by atoms with Gasteiger partial charge in [0.2, 0.25) is 0 Å². The first kappa shape index (κ1) is 27.0. The molecular formula is C32H38N2O6. The maximum absolute atomic E-state index is 13.8. The van der Waals surface area contributed by atoms with Gasteiger partial charge in [-0.05, 0) is 64.0 Å². The summed E-state index contributed by atoms with van der Waals surface area (Å²) in [6.45, 7) is 0.170. The van der Waals surface area contributed by atoms with E-state index in [2.05, 4.69) is 16.8 Å². The lowest BCUT2D eigenvalue weighted by atomic mass is 9.86. The number of benzene rings is 2. The third-order valence-corrected chi connectivity index (χ3v) is 9.81. The van der Waals surface area contributed by atoms with Crippen LogP contribution in [-0.2, 0) is 19.0 Å². The van der Waals surface area contributed by atoms with Crippen LogP contribution in [0.3, 0.4) is 0 Å². The van der Waals surface area contributed by atoms with E-state index >= 15 is 0 Å².